The number of fused-ring (bicyclic) bond motifs is 1. The van der Waals surface area contributed by atoms with Gasteiger partial charge in [-0.3, -0.25) is 4.79 Å². The van der Waals surface area contributed by atoms with Gasteiger partial charge in [0.05, 0.1) is 6.42 Å². The van der Waals surface area contributed by atoms with Crippen molar-refractivity contribution in [2.24, 2.45) is 0 Å². The lowest BCUT2D eigenvalue weighted by Gasteiger charge is -1.99. The SMILES string of the molecule is O=C(O)Cc1cccc(-c2nc3cc(-c4ccccc4)ccc3o2)c1. The quantitative estimate of drug-likeness (QED) is 0.585. The molecule has 0 aliphatic heterocycles. The van der Waals surface area contributed by atoms with Gasteiger partial charge in [-0.1, -0.05) is 48.5 Å². The van der Waals surface area contributed by atoms with Gasteiger partial charge in [0.15, 0.2) is 5.58 Å². The van der Waals surface area contributed by atoms with Crippen molar-refractivity contribution in [3.8, 4) is 22.6 Å². The smallest absolute Gasteiger partial charge is 0.307 e. The van der Waals surface area contributed by atoms with Crippen LogP contribution >= 0.6 is 0 Å². The van der Waals surface area contributed by atoms with Crippen LogP contribution in [-0.4, -0.2) is 16.1 Å². The maximum atomic E-state index is 10.9. The van der Waals surface area contributed by atoms with E-state index in [0.717, 1.165) is 27.8 Å². The van der Waals surface area contributed by atoms with E-state index in [4.69, 9.17) is 9.52 Å². The number of oxazole rings is 1. The van der Waals surface area contributed by atoms with Crippen molar-refractivity contribution in [2.75, 3.05) is 0 Å². The molecule has 0 atom stereocenters. The molecule has 0 aliphatic carbocycles. The fourth-order valence-electron chi connectivity index (χ4n) is 2.85. The Labute approximate surface area is 144 Å². The largest absolute Gasteiger partial charge is 0.481 e. The first-order chi connectivity index (χ1) is 12.2. The maximum Gasteiger partial charge on any atom is 0.307 e. The second-order valence-electron chi connectivity index (χ2n) is 5.84. The van der Waals surface area contributed by atoms with Crippen LogP contribution in [0, 0.1) is 0 Å². The molecule has 0 saturated heterocycles. The van der Waals surface area contributed by atoms with Crippen LogP contribution in [-0.2, 0) is 11.2 Å². The summed E-state index contributed by atoms with van der Waals surface area (Å²) < 4.78 is 5.85. The minimum atomic E-state index is -0.859. The highest BCUT2D eigenvalue weighted by Crippen LogP contribution is 2.28. The minimum absolute atomic E-state index is 0.0216. The molecule has 4 heteroatoms. The Hall–Kier alpha value is -3.40. The molecule has 0 amide bonds. The fraction of sp³-hybridized carbons (Fsp3) is 0.0476. The molecule has 0 spiro atoms. The van der Waals surface area contributed by atoms with E-state index in [2.05, 4.69) is 17.1 Å². The Morgan fingerprint density at radius 1 is 0.880 bits per heavy atom. The van der Waals surface area contributed by atoms with Crippen LogP contribution in [0.3, 0.4) is 0 Å². The number of carbonyl (C=O) groups is 1. The molecule has 4 rings (SSSR count). The van der Waals surface area contributed by atoms with E-state index >= 15 is 0 Å². The van der Waals surface area contributed by atoms with E-state index in [-0.39, 0.29) is 6.42 Å². The monoisotopic (exact) mass is 329 g/mol. The summed E-state index contributed by atoms with van der Waals surface area (Å²) >= 11 is 0. The highest BCUT2D eigenvalue weighted by atomic mass is 16.4. The van der Waals surface area contributed by atoms with Crippen molar-refractivity contribution < 1.29 is 14.3 Å². The molecule has 0 unspecified atom stereocenters. The molecule has 0 fully saturated rings. The summed E-state index contributed by atoms with van der Waals surface area (Å²) in [6, 6.07) is 23.3. The molecular weight excluding hydrogens is 314 g/mol. The van der Waals surface area contributed by atoms with E-state index in [1.165, 1.54) is 0 Å². The molecule has 25 heavy (non-hydrogen) atoms. The van der Waals surface area contributed by atoms with Gasteiger partial charge in [0.1, 0.15) is 5.52 Å². The zero-order chi connectivity index (χ0) is 17.2. The van der Waals surface area contributed by atoms with Crippen LogP contribution in [0.25, 0.3) is 33.7 Å². The maximum absolute atomic E-state index is 10.9. The highest BCUT2D eigenvalue weighted by Gasteiger charge is 2.11. The van der Waals surface area contributed by atoms with Gasteiger partial charge in [0, 0.05) is 5.56 Å². The Morgan fingerprint density at radius 2 is 1.68 bits per heavy atom. The highest BCUT2D eigenvalue weighted by molar-refractivity contribution is 5.82. The summed E-state index contributed by atoms with van der Waals surface area (Å²) in [5.41, 5.74) is 5.18. The van der Waals surface area contributed by atoms with E-state index in [1.807, 2.05) is 48.5 Å². The molecular formula is C21H15NO3. The lowest BCUT2D eigenvalue weighted by Crippen LogP contribution is -1.99. The van der Waals surface area contributed by atoms with Crippen molar-refractivity contribution in [1.29, 1.82) is 0 Å². The average Bonchev–Trinajstić information content (AvgIpc) is 3.05. The third-order valence-corrected chi connectivity index (χ3v) is 4.02. The number of rotatable bonds is 4. The molecule has 0 bridgehead atoms. The Balaban J connectivity index is 1.73. The predicted molar refractivity (Wildman–Crippen MR) is 96.2 cm³/mol. The van der Waals surface area contributed by atoms with Gasteiger partial charge in [-0.15, -0.1) is 0 Å². The molecule has 1 heterocycles. The second kappa shape index (κ2) is 6.24. The van der Waals surface area contributed by atoms with Crippen LogP contribution in [0.4, 0.5) is 0 Å². The summed E-state index contributed by atoms with van der Waals surface area (Å²) in [4.78, 5) is 15.5. The normalized spacial score (nSPS) is 10.9. The van der Waals surface area contributed by atoms with Crippen LogP contribution in [0.2, 0.25) is 0 Å². The number of hydrogen-bond acceptors (Lipinski definition) is 3. The van der Waals surface area contributed by atoms with Crippen LogP contribution in [0.15, 0.2) is 77.2 Å². The molecule has 4 nitrogen and oxygen atoms in total. The molecule has 1 N–H and O–H groups in total. The second-order valence-corrected chi connectivity index (χ2v) is 5.84. The standard InChI is InChI=1S/C21H15NO3/c23-20(24)12-14-5-4-8-17(11-14)21-22-18-13-16(9-10-19(18)25-21)15-6-2-1-3-7-15/h1-11,13H,12H2,(H,23,24). The van der Waals surface area contributed by atoms with Crippen molar-refractivity contribution in [3.63, 3.8) is 0 Å². The molecule has 4 aromatic rings. The summed E-state index contributed by atoms with van der Waals surface area (Å²) in [6.45, 7) is 0. The third kappa shape index (κ3) is 3.15. The number of hydrogen-bond donors (Lipinski definition) is 1. The van der Waals surface area contributed by atoms with E-state index in [1.54, 1.807) is 12.1 Å². The molecule has 0 aliphatic rings. The van der Waals surface area contributed by atoms with Crippen molar-refractivity contribution in [3.05, 3.63) is 78.4 Å². The Morgan fingerprint density at radius 3 is 2.48 bits per heavy atom. The zero-order valence-electron chi connectivity index (χ0n) is 13.3. The van der Waals surface area contributed by atoms with Gasteiger partial charge in [0.25, 0.3) is 0 Å². The van der Waals surface area contributed by atoms with Gasteiger partial charge in [-0.2, -0.15) is 0 Å². The molecule has 1 aromatic heterocycles. The van der Waals surface area contributed by atoms with Crippen molar-refractivity contribution in [1.82, 2.24) is 4.98 Å². The molecule has 122 valence electrons. The Bertz CT molecular complexity index is 1050. The van der Waals surface area contributed by atoms with Crippen LogP contribution in [0.1, 0.15) is 5.56 Å². The number of carboxylic acid groups (broad SMARTS) is 1. The first kappa shape index (κ1) is 15.1. The summed E-state index contributed by atoms with van der Waals surface area (Å²) in [6.07, 6.45) is -0.0216. The number of aromatic nitrogens is 1. The number of carboxylic acids is 1. The topological polar surface area (TPSA) is 63.3 Å². The first-order valence-corrected chi connectivity index (χ1v) is 7.96. The number of aliphatic carboxylic acids is 1. The number of nitrogens with zero attached hydrogens (tertiary/aromatic N) is 1. The third-order valence-electron chi connectivity index (χ3n) is 4.02. The molecule has 0 radical (unpaired) electrons. The summed E-state index contributed by atoms with van der Waals surface area (Å²) in [7, 11) is 0. The van der Waals surface area contributed by atoms with Gasteiger partial charge >= 0.3 is 5.97 Å². The lowest BCUT2D eigenvalue weighted by molar-refractivity contribution is -0.136. The van der Waals surface area contributed by atoms with E-state index in [0.29, 0.717) is 11.5 Å². The van der Waals surface area contributed by atoms with Gasteiger partial charge < -0.3 is 9.52 Å². The molecule has 0 saturated carbocycles. The van der Waals surface area contributed by atoms with Gasteiger partial charge in [-0.05, 0) is 41.0 Å². The van der Waals surface area contributed by atoms with E-state index in [9.17, 15) is 4.79 Å². The minimum Gasteiger partial charge on any atom is -0.481 e. The predicted octanol–water partition coefficient (Wildman–Crippen LogP) is 4.79. The van der Waals surface area contributed by atoms with Crippen LogP contribution in [0.5, 0.6) is 0 Å². The summed E-state index contributed by atoms with van der Waals surface area (Å²) in [5.74, 6) is -0.366. The zero-order valence-corrected chi connectivity index (χ0v) is 13.3. The van der Waals surface area contributed by atoms with Crippen LogP contribution < -0.4 is 0 Å². The van der Waals surface area contributed by atoms with Gasteiger partial charge in [0.2, 0.25) is 5.89 Å². The van der Waals surface area contributed by atoms with E-state index < -0.39 is 5.97 Å². The van der Waals surface area contributed by atoms with Crippen molar-refractivity contribution in [2.45, 2.75) is 6.42 Å². The summed E-state index contributed by atoms with van der Waals surface area (Å²) in [5, 5.41) is 8.94. The average molecular weight is 329 g/mol. The van der Waals surface area contributed by atoms with Gasteiger partial charge in [-0.25, -0.2) is 4.98 Å². The van der Waals surface area contributed by atoms with Crippen molar-refractivity contribution >= 4 is 17.1 Å². The first-order valence-electron chi connectivity index (χ1n) is 7.96. The molecule has 3 aromatic carbocycles. The fourth-order valence-corrected chi connectivity index (χ4v) is 2.85. The Kier molecular flexibility index (Phi) is 3.78. The lowest BCUT2D eigenvalue weighted by atomic mass is 10.1. The number of benzene rings is 3.